The minimum absolute atomic E-state index is 0.335. The van der Waals surface area contributed by atoms with Gasteiger partial charge in [0.2, 0.25) is 0 Å². The molecule has 17 heavy (non-hydrogen) atoms. The number of aromatic nitrogens is 1. The number of halogens is 1. The largest absolute Gasteiger partial charge is 0.294 e. The van der Waals surface area contributed by atoms with Crippen LogP contribution in [0.5, 0.6) is 0 Å². The number of carbonyl (C=O) groups excluding carboxylic acids is 1. The van der Waals surface area contributed by atoms with Gasteiger partial charge in [-0.1, -0.05) is 23.7 Å². The summed E-state index contributed by atoms with van der Waals surface area (Å²) < 4.78 is 0. The van der Waals surface area contributed by atoms with Crippen molar-refractivity contribution in [3.05, 3.63) is 40.4 Å². The van der Waals surface area contributed by atoms with Gasteiger partial charge in [-0.05, 0) is 12.1 Å². The number of hydroxylamine groups is 1. The van der Waals surface area contributed by atoms with Gasteiger partial charge in [0.15, 0.2) is 0 Å². The van der Waals surface area contributed by atoms with E-state index in [2.05, 4.69) is 15.3 Å². The van der Waals surface area contributed by atoms with Gasteiger partial charge in [-0.2, -0.15) is 0 Å². The summed E-state index contributed by atoms with van der Waals surface area (Å²) >= 11 is 7.19. The number of carbonyl (C=O) groups is 1. The Kier molecular flexibility index (Phi) is 3.73. The van der Waals surface area contributed by atoms with Crippen molar-refractivity contribution in [3.63, 3.8) is 0 Å². The molecular formula is C11H9ClN2O2S. The molecule has 0 aliphatic heterocycles. The first-order chi connectivity index (χ1) is 8.20. The minimum Gasteiger partial charge on any atom is -0.277 e. The topological polar surface area (TPSA) is 51.2 Å². The van der Waals surface area contributed by atoms with Crippen LogP contribution in [0.2, 0.25) is 5.02 Å². The van der Waals surface area contributed by atoms with Crippen LogP contribution in [0.15, 0.2) is 29.6 Å². The second-order valence-corrected chi connectivity index (χ2v) is 4.47. The van der Waals surface area contributed by atoms with Crippen LogP contribution in [0.3, 0.4) is 0 Å². The van der Waals surface area contributed by atoms with Gasteiger partial charge in [-0.15, -0.1) is 11.3 Å². The van der Waals surface area contributed by atoms with E-state index in [0.717, 1.165) is 10.6 Å². The number of hydrogen-bond acceptors (Lipinski definition) is 4. The van der Waals surface area contributed by atoms with Gasteiger partial charge in [-0.3, -0.25) is 9.63 Å². The van der Waals surface area contributed by atoms with E-state index in [1.807, 2.05) is 12.1 Å². The molecule has 0 atom stereocenters. The summed E-state index contributed by atoms with van der Waals surface area (Å²) in [6.45, 7) is 0. The van der Waals surface area contributed by atoms with Gasteiger partial charge in [-0.25, -0.2) is 10.5 Å². The third-order valence-electron chi connectivity index (χ3n) is 2.02. The first-order valence-electron chi connectivity index (χ1n) is 4.75. The highest BCUT2D eigenvalue weighted by molar-refractivity contribution is 7.13. The van der Waals surface area contributed by atoms with Gasteiger partial charge >= 0.3 is 0 Å². The molecule has 4 nitrogen and oxygen atoms in total. The molecule has 0 radical (unpaired) electrons. The smallest absolute Gasteiger partial charge is 0.277 e. The molecule has 0 saturated carbocycles. The Balaban J connectivity index is 2.23. The molecule has 1 heterocycles. The molecule has 2 aromatic rings. The highest BCUT2D eigenvalue weighted by Crippen LogP contribution is 2.24. The first kappa shape index (κ1) is 12.0. The second kappa shape index (κ2) is 5.27. The van der Waals surface area contributed by atoms with E-state index in [0.29, 0.717) is 10.7 Å². The van der Waals surface area contributed by atoms with Crippen LogP contribution in [0, 0.1) is 0 Å². The van der Waals surface area contributed by atoms with Gasteiger partial charge in [0.05, 0.1) is 7.11 Å². The Hall–Kier alpha value is -1.43. The van der Waals surface area contributed by atoms with E-state index in [9.17, 15) is 4.79 Å². The van der Waals surface area contributed by atoms with Crippen LogP contribution in [-0.2, 0) is 4.84 Å². The molecule has 0 fully saturated rings. The predicted molar refractivity (Wildman–Crippen MR) is 67.0 cm³/mol. The van der Waals surface area contributed by atoms with Gasteiger partial charge in [0.25, 0.3) is 5.91 Å². The van der Waals surface area contributed by atoms with E-state index in [4.69, 9.17) is 11.6 Å². The van der Waals surface area contributed by atoms with E-state index in [1.54, 1.807) is 17.5 Å². The van der Waals surface area contributed by atoms with Gasteiger partial charge in [0.1, 0.15) is 10.7 Å². The molecule has 0 unspecified atom stereocenters. The quantitative estimate of drug-likeness (QED) is 0.871. The summed E-state index contributed by atoms with van der Waals surface area (Å²) in [4.78, 5) is 20.2. The number of nitrogens with one attached hydrogen (secondary N) is 1. The van der Waals surface area contributed by atoms with Crippen molar-refractivity contribution < 1.29 is 9.63 Å². The van der Waals surface area contributed by atoms with E-state index in [1.165, 1.54) is 18.4 Å². The summed E-state index contributed by atoms with van der Waals surface area (Å²) in [6.07, 6.45) is 0. The summed E-state index contributed by atoms with van der Waals surface area (Å²) in [7, 11) is 1.38. The van der Waals surface area contributed by atoms with Crippen LogP contribution in [0.25, 0.3) is 10.6 Å². The molecule has 1 aromatic heterocycles. The van der Waals surface area contributed by atoms with E-state index in [-0.39, 0.29) is 5.91 Å². The fraction of sp³-hybridized carbons (Fsp3) is 0.0909. The lowest BCUT2D eigenvalue weighted by atomic mass is 10.2. The van der Waals surface area contributed by atoms with E-state index < -0.39 is 0 Å². The van der Waals surface area contributed by atoms with Gasteiger partial charge in [0, 0.05) is 16.0 Å². The molecule has 0 aliphatic carbocycles. The molecule has 0 spiro atoms. The lowest BCUT2D eigenvalue weighted by Gasteiger charge is -1.97. The SMILES string of the molecule is CONC(=O)c1csc(-c2ccc(Cl)cc2)n1. The van der Waals surface area contributed by atoms with Crippen molar-refractivity contribution in [1.82, 2.24) is 10.5 Å². The first-order valence-corrected chi connectivity index (χ1v) is 6.01. The summed E-state index contributed by atoms with van der Waals surface area (Å²) in [5, 5.41) is 3.11. The zero-order valence-corrected chi connectivity index (χ0v) is 10.5. The van der Waals surface area contributed by atoms with Crippen molar-refractivity contribution in [3.8, 4) is 10.6 Å². The van der Waals surface area contributed by atoms with Crippen LogP contribution < -0.4 is 5.48 Å². The summed E-state index contributed by atoms with van der Waals surface area (Å²) in [5.41, 5.74) is 3.48. The van der Waals surface area contributed by atoms with E-state index >= 15 is 0 Å². The number of amides is 1. The molecule has 0 bridgehead atoms. The Morgan fingerprint density at radius 1 is 1.41 bits per heavy atom. The molecule has 88 valence electrons. The molecule has 0 aliphatic rings. The monoisotopic (exact) mass is 268 g/mol. The van der Waals surface area contributed by atoms with Crippen LogP contribution >= 0.6 is 22.9 Å². The molecule has 2 rings (SSSR count). The predicted octanol–water partition coefficient (Wildman–Crippen LogP) is 2.75. The van der Waals surface area contributed by atoms with Crippen molar-refractivity contribution in [2.24, 2.45) is 0 Å². The molecule has 1 aromatic carbocycles. The van der Waals surface area contributed by atoms with Gasteiger partial charge < -0.3 is 0 Å². The number of benzene rings is 1. The molecule has 1 N–H and O–H groups in total. The average molecular weight is 269 g/mol. The Morgan fingerprint density at radius 2 is 2.12 bits per heavy atom. The van der Waals surface area contributed by atoms with Crippen LogP contribution in [-0.4, -0.2) is 18.0 Å². The normalized spacial score (nSPS) is 10.2. The Labute approximate surface area is 107 Å². The number of thiazole rings is 1. The fourth-order valence-corrected chi connectivity index (χ4v) is 2.18. The Bertz CT molecular complexity index is 525. The summed E-state index contributed by atoms with van der Waals surface area (Å²) in [6, 6.07) is 7.29. The fourth-order valence-electron chi connectivity index (χ4n) is 1.25. The lowest BCUT2D eigenvalue weighted by molar-refractivity contribution is 0.0533. The highest BCUT2D eigenvalue weighted by Gasteiger charge is 2.11. The highest BCUT2D eigenvalue weighted by atomic mass is 35.5. The van der Waals surface area contributed by atoms with Crippen molar-refractivity contribution >= 4 is 28.8 Å². The molecule has 1 amide bonds. The molecule has 6 heteroatoms. The van der Waals surface area contributed by atoms with Crippen molar-refractivity contribution in [2.45, 2.75) is 0 Å². The Morgan fingerprint density at radius 3 is 2.76 bits per heavy atom. The second-order valence-electron chi connectivity index (χ2n) is 3.18. The van der Waals surface area contributed by atoms with Crippen LogP contribution in [0.4, 0.5) is 0 Å². The maximum absolute atomic E-state index is 11.4. The maximum Gasteiger partial charge on any atom is 0.294 e. The summed E-state index contributed by atoms with van der Waals surface area (Å²) in [5.74, 6) is -0.357. The average Bonchev–Trinajstić information content (AvgIpc) is 2.80. The van der Waals surface area contributed by atoms with Crippen molar-refractivity contribution in [2.75, 3.05) is 7.11 Å². The third kappa shape index (κ3) is 2.82. The zero-order chi connectivity index (χ0) is 12.3. The lowest BCUT2D eigenvalue weighted by Crippen LogP contribution is -2.21. The molecular weight excluding hydrogens is 260 g/mol. The number of nitrogens with zero attached hydrogens (tertiary/aromatic N) is 1. The van der Waals surface area contributed by atoms with Crippen LogP contribution in [0.1, 0.15) is 10.5 Å². The molecule has 0 saturated heterocycles. The number of rotatable bonds is 3. The maximum atomic E-state index is 11.4. The standard InChI is InChI=1S/C11H9ClN2O2S/c1-16-14-10(15)9-6-17-11(13-9)7-2-4-8(12)5-3-7/h2-6H,1H3,(H,14,15). The number of hydrogen-bond donors (Lipinski definition) is 1. The minimum atomic E-state index is -0.357. The zero-order valence-electron chi connectivity index (χ0n) is 8.94. The van der Waals surface area contributed by atoms with Crippen molar-refractivity contribution in [1.29, 1.82) is 0 Å². The third-order valence-corrected chi connectivity index (χ3v) is 3.17.